The van der Waals surface area contributed by atoms with Gasteiger partial charge in [-0.2, -0.15) is 4.37 Å². The molecule has 0 aromatic carbocycles. The summed E-state index contributed by atoms with van der Waals surface area (Å²) in [5, 5.41) is 10.3. The predicted molar refractivity (Wildman–Crippen MR) is 112 cm³/mol. The smallest absolute Gasteiger partial charge is 0.341 e. The van der Waals surface area contributed by atoms with Crippen LogP contribution in [0.2, 0.25) is 0 Å². The van der Waals surface area contributed by atoms with Gasteiger partial charge in [-0.3, -0.25) is 9.36 Å². The highest BCUT2D eigenvalue weighted by atomic mass is 32.1. The van der Waals surface area contributed by atoms with Crippen LogP contribution in [0.25, 0.3) is 16.2 Å². The number of aromatic nitrogens is 4. The molecule has 2 aliphatic heterocycles. The Morgan fingerprint density at radius 2 is 2.17 bits per heavy atom. The van der Waals surface area contributed by atoms with Crippen LogP contribution in [0.3, 0.4) is 0 Å². The maximum absolute atomic E-state index is 12.9. The number of aryl methyl sites for hydroxylation is 1. The van der Waals surface area contributed by atoms with Gasteiger partial charge in [-0.1, -0.05) is 6.92 Å². The number of carboxylic acids is 1. The Hall–Kier alpha value is -2.85. The molecule has 2 aliphatic rings. The molecule has 0 bridgehead atoms. The first-order valence-corrected chi connectivity index (χ1v) is 10.6. The van der Waals surface area contributed by atoms with Gasteiger partial charge in [0.05, 0.1) is 18.6 Å². The van der Waals surface area contributed by atoms with Crippen molar-refractivity contribution in [2.24, 2.45) is 11.3 Å². The van der Waals surface area contributed by atoms with Gasteiger partial charge >= 0.3 is 5.97 Å². The third kappa shape index (κ3) is 2.74. The van der Waals surface area contributed by atoms with Crippen molar-refractivity contribution in [2.75, 3.05) is 31.2 Å². The SMILES string of the molecule is CCC1(C2CN(c3cc(C)c4c(=O)c(C(=O)O)cn(-c5ncns5)c4n3)C2)COC1. The lowest BCUT2D eigenvalue weighted by molar-refractivity contribution is -0.153. The maximum Gasteiger partial charge on any atom is 0.341 e. The first-order valence-electron chi connectivity index (χ1n) is 9.83. The summed E-state index contributed by atoms with van der Waals surface area (Å²) in [7, 11) is 0. The summed E-state index contributed by atoms with van der Waals surface area (Å²) in [6.07, 6.45) is 3.79. The Morgan fingerprint density at radius 3 is 2.73 bits per heavy atom. The fourth-order valence-corrected chi connectivity index (χ4v) is 4.87. The van der Waals surface area contributed by atoms with E-state index in [1.165, 1.54) is 12.5 Å². The molecule has 0 spiro atoms. The van der Waals surface area contributed by atoms with Crippen LogP contribution in [0.5, 0.6) is 0 Å². The molecule has 9 nitrogen and oxygen atoms in total. The van der Waals surface area contributed by atoms with E-state index < -0.39 is 11.4 Å². The number of carbonyl (C=O) groups is 1. The third-order valence-corrected chi connectivity index (χ3v) is 7.15. The van der Waals surface area contributed by atoms with Crippen molar-refractivity contribution >= 4 is 34.4 Å². The van der Waals surface area contributed by atoms with Gasteiger partial charge in [-0.05, 0) is 25.0 Å². The predicted octanol–water partition coefficient (Wildman–Crippen LogP) is 2.11. The number of nitrogens with zero attached hydrogens (tertiary/aromatic N) is 5. The number of fused-ring (bicyclic) bond motifs is 1. The summed E-state index contributed by atoms with van der Waals surface area (Å²) in [6, 6.07) is 1.87. The number of aromatic carboxylic acids is 1. The van der Waals surface area contributed by atoms with Crippen molar-refractivity contribution in [2.45, 2.75) is 20.3 Å². The number of pyridine rings is 2. The van der Waals surface area contributed by atoms with Gasteiger partial charge in [-0.15, -0.1) is 0 Å². The molecule has 1 N–H and O–H groups in total. The van der Waals surface area contributed by atoms with Gasteiger partial charge < -0.3 is 14.7 Å². The molecule has 30 heavy (non-hydrogen) atoms. The van der Waals surface area contributed by atoms with Crippen LogP contribution in [0, 0.1) is 18.3 Å². The van der Waals surface area contributed by atoms with Crippen molar-refractivity contribution in [3.05, 3.63) is 39.9 Å². The lowest BCUT2D eigenvalue weighted by Gasteiger charge is -2.54. The van der Waals surface area contributed by atoms with Crippen molar-refractivity contribution < 1.29 is 14.6 Å². The van der Waals surface area contributed by atoms with Crippen molar-refractivity contribution in [3.63, 3.8) is 0 Å². The second-order valence-electron chi connectivity index (χ2n) is 8.08. The zero-order valence-corrected chi connectivity index (χ0v) is 17.5. The average Bonchev–Trinajstić information content (AvgIpc) is 3.16. The summed E-state index contributed by atoms with van der Waals surface area (Å²) >= 11 is 1.11. The van der Waals surface area contributed by atoms with E-state index in [-0.39, 0.29) is 11.0 Å². The average molecular weight is 427 g/mol. The molecule has 0 saturated carbocycles. The van der Waals surface area contributed by atoms with Crippen molar-refractivity contribution in [3.8, 4) is 5.13 Å². The van der Waals surface area contributed by atoms with E-state index in [4.69, 9.17) is 9.72 Å². The normalized spacial score (nSPS) is 18.3. The molecule has 5 rings (SSSR count). The standard InChI is InChI=1S/C20H21N5O4S/c1-3-20(8-29-9-20)12-5-24(6-12)14-4-11(2)15-16(26)13(18(27)28)7-25(17(15)23-14)19-21-10-22-30-19/h4,7,10,12H,3,5-6,8-9H2,1-2H3,(H,27,28). The number of hydrogen-bond donors (Lipinski definition) is 1. The Kier molecular flexibility index (Phi) is 4.37. The zero-order valence-electron chi connectivity index (χ0n) is 16.7. The Morgan fingerprint density at radius 1 is 1.40 bits per heavy atom. The lowest BCUT2D eigenvalue weighted by Crippen LogP contribution is -2.61. The molecule has 0 radical (unpaired) electrons. The Balaban J connectivity index is 1.60. The highest BCUT2D eigenvalue weighted by Crippen LogP contribution is 2.44. The lowest BCUT2D eigenvalue weighted by atomic mass is 9.68. The highest BCUT2D eigenvalue weighted by molar-refractivity contribution is 7.08. The molecule has 3 aromatic heterocycles. The van der Waals surface area contributed by atoms with E-state index in [1.807, 2.05) is 13.0 Å². The highest BCUT2D eigenvalue weighted by Gasteiger charge is 2.49. The van der Waals surface area contributed by atoms with E-state index in [9.17, 15) is 14.7 Å². The van der Waals surface area contributed by atoms with Gasteiger partial charge in [0, 0.05) is 42.2 Å². The first kappa shape index (κ1) is 19.1. The van der Waals surface area contributed by atoms with E-state index in [1.54, 1.807) is 4.57 Å². The summed E-state index contributed by atoms with van der Waals surface area (Å²) in [5.74, 6) is 0.0686. The molecule has 3 aromatic rings. The summed E-state index contributed by atoms with van der Waals surface area (Å²) < 4.78 is 11.0. The second-order valence-corrected chi connectivity index (χ2v) is 8.84. The van der Waals surface area contributed by atoms with Crippen LogP contribution in [0.4, 0.5) is 5.82 Å². The van der Waals surface area contributed by atoms with Crippen LogP contribution in [-0.4, -0.2) is 56.3 Å². The number of hydrogen-bond acceptors (Lipinski definition) is 8. The summed E-state index contributed by atoms with van der Waals surface area (Å²) in [6.45, 7) is 7.46. The monoisotopic (exact) mass is 427 g/mol. The van der Waals surface area contributed by atoms with Gasteiger partial charge in [0.15, 0.2) is 5.65 Å². The number of anilines is 1. The fraction of sp³-hybridized carbons (Fsp3) is 0.450. The van der Waals surface area contributed by atoms with E-state index in [0.717, 1.165) is 50.1 Å². The number of ether oxygens (including phenoxy) is 1. The maximum atomic E-state index is 12.9. The topological polar surface area (TPSA) is 110 Å². The van der Waals surface area contributed by atoms with Crippen LogP contribution < -0.4 is 10.3 Å². The van der Waals surface area contributed by atoms with Gasteiger partial charge in [0.2, 0.25) is 10.6 Å². The molecular weight excluding hydrogens is 406 g/mol. The largest absolute Gasteiger partial charge is 0.477 e. The van der Waals surface area contributed by atoms with Gasteiger partial charge in [-0.25, -0.2) is 14.8 Å². The van der Waals surface area contributed by atoms with Crippen LogP contribution in [0.1, 0.15) is 29.3 Å². The molecule has 156 valence electrons. The second kappa shape index (κ2) is 6.85. The number of carboxylic acid groups (broad SMARTS) is 1. The zero-order chi connectivity index (χ0) is 21.0. The molecule has 0 atom stereocenters. The minimum Gasteiger partial charge on any atom is -0.477 e. The third-order valence-electron chi connectivity index (χ3n) is 6.48. The number of rotatable bonds is 5. The Bertz CT molecular complexity index is 1190. The van der Waals surface area contributed by atoms with Crippen molar-refractivity contribution in [1.82, 2.24) is 18.9 Å². The molecule has 10 heteroatoms. The van der Waals surface area contributed by atoms with Crippen LogP contribution >= 0.6 is 11.5 Å². The van der Waals surface area contributed by atoms with Crippen LogP contribution in [-0.2, 0) is 4.74 Å². The molecule has 0 aliphatic carbocycles. The molecule has 2 saturated heterocycles. The molecule has 2 fully saturated rings. The summed E-state index contributed by atoms with van der Waals surface area (Å²) in [4.78, 5) is 35.6. The van der Waals surface area contributed by atoms with E-state index in [2.05, 4.69) is 21.2 Å². The Labute approximate surface area is 176 Å². The molecule has 0 amide bonds. The van der Waals surface area contributed by atoms with E-state index >= 15 is 0 Å². The minimum atomic E-state index is -1.28. The van der Waals surface area contributed by atoms with Crippen LogP contribution in [0.15, 0.2) is 23.4 Å². The minimum absolute atomic E-state index is 0.271. The van der Waals surface area contributed by atoms with Gasteiger partial charge in [0.1, 0.15) is 17.7 Å². The van der Waals surface area contributed by atoms with E-state index in [0.29, 0.717) is 27.6 Å². The quantitative estimate of drug-likeness (QED) is 0.659. The van der Waals surface area contributed by atoms with Gasteiger partial charge in [0.25, 0.3) is 0 Å². The fourth-order valence-electron chi connectivity index (χ4n) is 4.36. The van der Waals surface area contributed by atoms with Crippen molar-refractivity contribution in [1.29, 1.82) is 0 Å². The summed E-state index contributed by atoms with van der Waals surface area (Å²) in [5.41, 5.74) is 0.523. The first-order chi connectivity index (χ1) is 14.4. The molecular formula is C20H21N5O4S. The molecule has 0 unspecified atom stereocenters. The molecule has 5 heterocycles.